The Hall–Kier alpha value is -4.33. The number of aliphatic carboxylic acids is 1. The summed E-state index contributed by atoms with van der Waals surface area (Å²) >= 11 is 1.55. The van der Waals surface area contributed by atoms with Gasteiger partial charge in [-0.3, -0.25) is 15.0 Å². The molecule has 0 spiro atoms. The Kier molecular flexibility index (Phi) is 9.75. The van der Waals surface area contributed by atoms with Crippen LogP contribution in [0.3, 0.4) is 0 Å². The maximum absolute atomic E-state index is 14.8. The third-order valence-corrected chi connectivity index (χ3v) is 9.47. The van der Waals surface area contributed by atoms with Crippen molar-refractivity contribution in [3.05, 3.63) is 106 Å². The summed E-state index contributed by atoms with van der Waals surface area (Å²) in [6.07, 6.45) is -0.158. The van der Waals surface area contributed by atoms with E-state index < -0.39 is 29.2 Å². The molecule has 5 rings (SSSR count). The number of hydrogen-bond acceptors (Lipinski definition) is 7. The van der Waals surface area contributed by atoms with E-state index in [2.05, 4.69) is 0 Å². The van der Waals surface area contributed by atoms with Crippen molar-refractivity contribution < 1.29 is 37.8 Å². The van der Waals surface area contributed by atoms with Crippen molar-refractivity contribution in [2.24, 2.45) is 0 Å². The summed E-state index contributed by atoms with van der Waals surface area (Å²) in [7, 11) is 1.51. The number of methoxy groups -OCH3 is 1. The number of hydrogen-bond donors (Lipinski definition) is 2. The number of halogens is 3. The number of carboxylic acid groups (broad SMARTS) is 1. The first-order valence-electron chi connectivity index (χ1n) is 14.5. The molecule has 4 aromatic rings. The van der Waals surface area contributed by atoms with Gasteiger partial charge in [-0.1, -0.05) is 36.4 Å². The number of carboxylic acids is 1. The lowest BCUT2D eigenvalue weighted by atomic mass is 9.91. The normalized spacial score (nSPS) is 16.1. The number of aromatic nitrogens is 1. The number of non-ortho nitro benzene ring substituents is 1. The number of ether oxygens (including phenoxy) is 1. The lowest BCUT2D eigenvalue weighted by molar-refractivity contribution is -0.384. The van der Waals surface area contributed by atoms with Crippen LogP contribution in [0.1, 0.15) is 29.5 Å². The van der Waals surface area contributed by atoms with Crippen molar-refractivity contribution in [2.75, 3.05) is 26.7 Å². The van der Waals surface area contributed by atoms with Gasteiger partial charge in [0.15, 0.2) is 0 Å². The number of aliphatic hydroxyl groups is 1. The Morgan fingerprint density at radius 1 is 1.11 bits per heavy atom. The van der Waals surface area contributed by atoms with Crippen LogP contribution >= 0.6 is 11.8 Å². The minimum absolute atomic E-state index is 0.0814. The second kappa shape index (κ2) is 13.6. The molecule has 9 nitrogen and oxygen atoms in total. The average Bonchev–Trinajstić information content (AvgIpc) is 3.39. The molecular weight excluding hydrogens is 623 g/mol. The first kappa shape index (κ1) is 33.0. The van der Waals surface area contributed by atoms with Crippen LogP contribution in [-0.4, -0.2) is 68.7 Å². The molecule has 0 radical (unpaired) electrons. The fraction of sp³-hybridized carbons (Fsp3) is 0.303. The molecule has 1 atom stereocenters. The van der Waals surface area contributed by atoms with Crippen LogP contribution in [0.15, 0.2) is 83.9 Å². The van der Waals surface area contributed by atoms with E-state index in [1.807, 2.05) is 12.1 Å². The van der Waals surface area contributed by atoms with Gasteiger partial charge in [-0.25, -0.2) is 4.79 Å². The number of alkyl halides is 3. The van der Waals surface area contributed by atoms with Gasteiger partial charge in [0.05, 0.1) is 17.5 Å². The number of likely N-dealkylation sites (tertiary alicyclic amines) is 1. The zero-order valence-corrected chi connectivity index (χ0v) is 25.6. The van der Waals surface area contributed by atoms with Gasteiger partial charge in [0.25, 0.3) is 5.69 Å². The molecular formula is C33H32F3N3O6S. The molecule has 0 aliphatic carbocycles. The summed E-state index contributed by atoms with van der Waals surface area (Å²) in [6.45, 7) is 0.0937. The maximum Gasteiger partial charge on any atom is 0.422 e. The highest BCUT2D eigenvalue weighted by atomic mass is 32.2. The largest absolute Gasteiger partial charge is 0.496 e. The van der Waals surface area contributed by atoms with E-state index in [0.29, 0.717) is 37.2 Å². The summed E-state index contributed by atoms with van der Waals surface area (Å²) in [5.41, 5.74) is -2.17. The van der Waals surface area contributed by atoms with Crippen molar-refractivity contribution in [3.8, 4) is 5.75 Å². The number of fused-ring (bicyclic) bond motifs is 1. The van der Waals surface area contributed by atoms with E-state index in [4.69, 9.17) is 9.84 Å². The second-order valence-corrected chi connectivity index (χ2v) is 12.5. The van der Waals surface area contributed by atoms with Gasteiger partial charge in [-0.15, -0.1) is 11.8 Å². The van der Waals surface area contributed by atoms with Crippen LogP contribution in [-0.2, 0) is 16.9 Å². The van der Waals surface area contributed by atoms with Gasteiger partial charge in [0.2, 0.25) is 5.60 Å². The van der Waals surface area contributed by atoms with Gasteiger partial charge in [0.1, 0.15) is 5.75 Å². The molecule has 2 heterocycles. The Morgan fingerprint density at radius 2 is 1.83 bits per heavy atom. The molecule has 13 heteroatoms. The molecule has 1 unspecified atom stereocenters. The Bertz CT molecular complexity index is 1750. The summed E-state index contributed by atoms with van der Waals surface area (Å²) in [5.74, 6) is -0.498. The van der Waals surface area contributed by atoms with Crippen LogP contribution < -0.4 is 4.74 Å². The van der Waals surface area contributed by atoms with Gasteiger partial charge in [0, 0.05) is 58.6 Å². The first-order chi connectivity index (χ1) is 21.9. The van der Waals surface area contributed by atoms with Crippen LogP contribution in [0, 0.1) is 10.1 Å². The third-order valence-electron chi connectivity index (χ3n) is 8.07. The fourth-order valence-corrected chi connectivity index (χ4v) is 6.91. The highest BCUT2D eigenvalue weighted by Crippen LogP contribution is 2.45. The van der Waals surface area contributed by atoms with Crippen molar-refractivity contribution >= 4 is 40.4 Å². The molecule has 1 aromatic heterocycles. The Balaban J connectivity index is 1.37. The topological polar surface area (TPSA) is 118 Å². The first-order valence-corrected chi connectivity index (χ1v) is 15.3. The number of rotatable bonds is 11. The Morgan fingerprint density at radius 3 is 2.46 bits per heavy atom. The second-order valence-electron chi connectivity index (χ2n) is 11.1. The number of β-amino-alcohol motifs (C(OH)–C–C–N with tert-alkyl or cyclic N) is 1. The van der Waals surface area contributed by atoms with E-state index in [1.54, 1.807) is 53.1 Å². The number of piperidine rings is 1. The van der Waals surface area contributed by atoms with E-state index in [-0.39, 0.29) is 33.9 Å². The van der Waals surface area contributed by atoms with Crippen LogP contribution in [0.4, 0.5) is 18.9 Å². The molecule has 0 bridgehead atoms. The summed E-state index contributed by atoms with van der Waals surface area (Å²) in [4.78, 5) is 24.2. The molecule has 1 saturated heterocycles. The molecule has 0 saturated carbocycles. The van der Waals surface area contributed by atoms with E-state index in [9.17, 15) is 33.2 Å². The summed E-state index contributed by atoms with van der Waals surface area (Å²) in [5, 5.41) is 32.1. The molecule has 46 heavy (non-hydrogen) atoms. The highest BCUT2D eigenvalue weighted by molar-refractivity contribution is 8.00. The molecule has 2 N–H and O–H groups in total. The van der Waals surface area contributed by atoms with E-state index in [0.717, 1.165) is 22.6 Å². The van der Waals surface area contributed by atoms with Crippen molar-refractivity contribution in [3.63, 3.8) is 0 Å². The monoisotopic (exact) mass is 655 g/mol. The minimum atomic E-state index is -5.03. The van der Waals surface area contributed by atoms with Crippen LogP contribution in [0.5, 0.6) is 5.75 Å². The zero-order chi connectivity index (χ0) is 33.1. The van der Waals surface area contributed by atoms with Gasteiger partial charge in [-0.05, 0) is 61.3 Å². The zero-order valence-electron chi connectivity index (χ0n) is 24.8. The predicted molar refractivity (Wildman–Crippen MR) is 169 cm³/mol. The van der Waals surface area contributed by atoms with Crippen molar-refractivity contribution in [1.29, 1.82) is 0 Å². The van der Waals surface area contributed by atoms with Crippen LogP contribution in [0.25, 0.3) is 17.0 Å². The number of nitro groups is 1. The summed E-state index contributed by atoms with van der Waals surface area (Å²) in [6, 6.07) is 18.0. The molecule has 242 valence electrons. The molecule has 1 fully saturated rings. The van der Waals surface area contributed by atoms with Crippen LogP contribution in [0.2, 0.25) is 0 Å². The third kappa shape index (κ3) is 7.22. The average molecular weight is 656 g/mol. The van der Waals surface area contributed by atoms with Gasteiger partial charge < -0.3 is 19.5 Å². The molecule has 3 aromatic carbocycles. The minimum Gasteiger partial charge on any atom is -0.496 e. The lowest BCUT2D eigenvalue weighted by Gasteiger charge is -2.39. The standard InChI is InChI=1S/C33H32F3N3O6S/c1-45-29-17-22(8-12-31(40)41)7-11-30(29)46-25-13-15-37(16-14-25)21-32(42,33(34,35)36)27-20-38(19-23-5-3-2-4-6-23)28-18-24(39(43)44)9-10-26(27)28/h2-12,17-18,20,25,42H,13-16,19,21H2,1H3,(H,40,41)/b12-8+. The molecule has 1 aliphatic heterocycles. The Labute approximate surface area is 267 Å². The molecule has 1 aliphatic rings. The van der Waals surface area contributed by atoms with Gasteiger partial charge in [-0.2, -0.15) is 13.2 Å². The van der Waals surface area contributed by atoms with Crippen molar-refractivity contribution in [1.82, 2.24) is 9.47 Å². The number of nitrogens with zero attached hydrogens (tertiary/aromatic N) is 3. The predicted octanol–water partition coefficient (Wildman–Crippen LogP) is 6.71. The van der Waals surface area contributed by atoms with Crippen molar-refractivity contribution in [2.45, 2.75) is 41.3 Å². The number of nitro benzene ring substituents is 1. The summed E-state index contributed by atoms with van der Waals surface area (Å²) < 4.78 is 51.5. The highest BCUT2D eigenvalue weighted by Gasteiger charge is 2.57. The maximum atomic E-state index is 14.8. The number of benzene rings is 3. The fourth-order valence-electron chi connectivity index (χ4n) is 5.70. The quantitative estimate of drug-likeness (QED) is 0.104. The SMILES string of the molecule is COc1cc(/C=C/C(=O)O)ccc1SC1CCN(CC(O)(c2cn(Cc3ccccc3)c3cc([N+](=O)[O-])ccc23)C(F)(F)F)CC1. The van der Waals surface area contributed by atoms with E-state index >= 15 is 0 Å². The lowest BCUT2D eigenvalue weighted by Crippen LogP contribution is -2.52. The smallest absolute Gasteiger partial charge is 0.422 e. The van der Waals surface area contributed by atoms with Gasteiger partial charge >= 0.3 is 12.1 Å². The molecule has 0 amide bonds. The number of thioether (sulfide) groups is 1. The van der Waals surface area contributed by atoms with E-state index in [1.165, 1.54) is 36.1 Å². The number of carbonyl (C=O) groups is 1.